The SMILES string of the molecule is C=CCC(SC(F)(F)F)(C(=O)OC(C)(C)C)c1ccsc1. The van der Waals surface area contributed by atoms with E-state index in [1.54, 1.807) is 26.2 Å². The third-order valence-electron chi connectivity index (χ3n) is 2.44. The maximum absolute atomic E-state index is 13.0. The van der Waals surface area contributed by atoms with Crippen LogP contribution in [0.5, 0.6) is 0 Å². The molecule has 1 aromatic rings. The van der Waals surface area contributed by atoms with Crippen molar-refractivity contribution in [2.75, 3.05) is 0 Å². The van der Waals surface area contributed by atoms with Gasteiger partial charge in [0.15, 0.2) is 4.75 Å². The van der Waals surface area contributed by atoms with Crippen molar-refractivity contribution in [1.29, 1.82) is 0 Å². The standard InChI is InChI=1S/C14H17F3O2S2/c1-5-7-13(21-14(15,16)17,10-6-8-20-9-10)11(18)19-12(2,3)4/h5-6,8-9H,1,7H2,2-4H3. The van der Waals surface area contributed by atoms with Gasteiger partial charge in [-0.05, 0) is 61.3 Å². The molecule has 1 rings (SSSR count). The lowest BCUT2D eigenvalue weighted by Crippen LogP contribution is -2.40. The van der Waals surface area contributed by atoms with Crippen LogP contribution in [0.2, 0.25) is 0 Å². The first-order valence-corrected chi connectivity index (χ1v) is 7.90. The molecular weight excluding hydrogens is 321 g/mol. The summed E-state index contributed by atoms with van der Waals surface area (Å²) in [6.07, 6.45) is 1.14. The van der Waals surface area contributed by atoms with E-state index >= 15 is 0 Å². The lowest BCUT2D eigenvalue weighted by atomic mass is 9.97. The van der Waals surface area contributed by atoms with Gasteiger partial charge < -0.3 is 4.74 Å². The second-order valence-corrected chi connectivity index (χ2v) is 7.53. The quantitative estimate of drug-likeness (QED) is 0.551. The van der Waals surface area contributed by atoms with Crippen LogP contribution in [0.3, 0.4) is 0 Å². The summed E-state index contributed by atoms with van der Waals surface area (Å²) in [6, 6.07) is 1.51. The van der Waals surface area contributed by atoms with Gasteiger partial charge >= 0.3 is 11.5 Å². The van der Waals surface area contributed by atoms with Crippen LogP contribution in [0.4, 0.5) is 13.2 Å². The Bertz CT molecular complexity index is 489. The molecule has 2 nitrogen and oxygen atoms in total. The Balaban J connectivity index is 3.30. The zero-order valence-electron chi connectivity index (χ0n) is 12.0. The minimum atomic E-state index is -4.57. The summed E-state index contributed by atoms with van der Waals surface area (Å²) in [5, 5.41) is 3.17. The Kier molecular flexibility index (Phi) is 5.55. The number of hydrogen-bond acceptors (Lipinski definition) is 4. The van der Waals surface area contributed by atoms with E-state index in [1.807, 2.05) is 0 Å². The van der Waals surface area contributed by atoms with Crippen LogP contribution in [0.15, 0.2) is 29.5 Å². The van der Waals surface area contributed by atoms with Crippen molar-refractivity contribution in [2.45, 2.75) is 43.0 Å². The molecular formula is C14H17F3O2S2. The first-order valence-electron chi connectivity index (χ1n) is 6.14. The number of thioether (sulfide) groups is 1. The van der Waals surface area contributed by atoms with Gasteiger partial charge in [-0.15, -0.1) is 6.58 Å². The number of carbonyl (C=O) groups is 1. The molecule has 0 bridgehead atoms. The van der Waals surface area contributed by atoms with Crippen molar-refractivity contribution < 1.29 is 22.7 Å². The molecule has 0 aliphatic carbocycles. The van der Waals surface area contributed by atoms with Crippen molar-refractivity contribution in [3.05, 3.63) is 35.0 Å². The fourth-order valence-corrected chi connectivity index (χ4v) is 3.49. The van der Waals surface area contributed by atoms with E-state index in [-0.39, 0.29) is 23.7 Å². The molecule has 118 valence electrons. The van der Waals surface area contributed by atoms with Gasteiger partial charge in [0.2, 0.25) is 0 Å². The first-order chi connectivity index (χ1) is 9.50. The van der Waals surface area contributed by atoms with Gasteiger partial charge in [0.05, 0.1) is 0 Å². The molecule has 0 saturated heterocycles. The zero-order chi connectivity index (χ0) is 16.3. The van der Waals surface area contributed by atoms with Gasteiger partial charge in [0, 0.05) is 0 Å². The number of rotatable bonds is 5. The average Bonchev–Trinajstić information content (AvgIpc) is 2.77. The van der Waals surface area contributed by atoms with Gasteiger partial charge in [-0.3, -0.25) is 4.79 Å². The number of thiophene rings is 1. The fraction of sp³-hybridized carbons (Fsp3) is 0.500. The smallest absolute Gasteiger partial charge is 0.443 e. The third-order valence-corrected chi connectivity index (χ3v) is 4.27. The van der Waals surface area contributed by atoms with Crippen LogP contribution in [0.1, 0.15) is 32.8 Å². The van der Waals surface area contributed by atoms with Gasteiger partial charge in [0.1, 0.15) is 5.60 Å². The summed E-state index contributed by atoms with van der Waals surface area (Å²) < 4.78 is 42.3. The second kappa shape index (κ2) is 6.44. The van der Waals surface area contributed by atoms with E-state index in [2.05, 4.69) is 6.58 Å². The molecule has 7 heteroatoms. The van der Waals surface area contributed by atoms with Crippen molar-refractivity contribution >= 4 is 29.1 Å². The van der Waals surface area contributed by atoms with E-state index in [0.717, 1.165) is 0 Å². The van der Waals surface area contributed by atoms with Crippen molar-refractivity contribution in [2.24, 2.45) is 0 Å². The summed E-state index contributed by atoms with van der Waals surface area (Å²) in [6.45, 7) is 8.34. The molecule has 0 amide bonds. The monoisotopic (exact) mass is 338 g/mol. The number of allylic oxidation sites excluding steroid dienone is 1. The van der Waals surface area contributed by atoms with Crippen molar-refractivity contribution in [1.82, 2.24) is 0 Å². The first kappa shape index (κ1) is 18.1. The average molecular weight is 338 g/mol. The van der Waals surface area contributed by atoms with Crippen LogP contribution < -0.4 is 0 Å². The molecule has 0 N–H and O–H groups in total. The molecule has 0 spiro atoms. The molecule has 0 aromatic carbocycles. The number of alkyl halides is 3. The van der Waals surface area contributed by atoms with Crippen LogP contribution in [0, 0.1) is 0 Å². The molecule has 0 radical (unpaired) electrons. The van der Waals surface area contributed by atoms with E-state index in [1.165, 1.54) is 28.9 Å². The van der Waals surface area contributed by atoms with Gasteiger partial charge in [-0.2, -0.15) is 24.5 Å². The highest BCUT2D eigenvalue weighted by molar-refractivity contribution is 8.01. The van der Waals surface area contributed by atoms with Gasteiger partial charge in [-0.1, -0.05) is 6.08 Å². The topological polar surface area (TPSA) is 26.3 Å². The van der Waals surface area contributed by atoms with E-state index in [4.69, 9.17) is 4.74 Å². The van der Waals surface area contributed by atoms with Gasteiger partial charge in [-0.25, -0.2) is 0 Å². The number of esters is 1. The molecule has 0 fully saturated rings. The number of halogens is 3. The summed E-state index contributed by atoms with van der Waals surface area (Å²) >= 11 is 0.872. The van der Waals surface area contributed by atoms with Crippen molar-refractivity contribution in [3.8, 4) is 0 Å². The predicted molar refractivity (Wildman–Crippen MR) is 80.3 cm³/mol. The van der Waals surface area contributed by atoms with Gasteiger partial charge in [0.25, 0.3) is 0 Å². The van der Waals surface area contributed by atoms with Crippen molar-refractivity contribution in [3.63, 3.8) is 0 Å². The number of hydrogen-bond donors (Lipinski definition) is 0. The zero-order valence-corrected chi connectivity index (χ0v) is 13.6. The Morgan fingerprint density at radius 1 is 1.43 bits per heavy atom. The molecule has 0 aliphatic heterocycles. The highest BCUT2D eigenvalue weighted by atomic mass is 32.2. The van der Waals surface area contributed by atoms with E-state index in [9.17, 15) is 18.0 Å². The Hall–Kier alpha value is -0.950. The molecule has 1 heterocycles. The number of carbonyl (C=O) groups excluding carboxylic acids is 1. The lowest BCUT2D eigenvalue weighted by molar-refractivity contribution is -0.158. The summed E-state index contributed by atoms with van der Waals surface area (Å²) in [5.74, 6) is -0.907. The summed E-state index contributed by atoms with van der Waals surface area (Å²) in [7, 11) is 0. The maximum Gasteiger partial charge on any atom is 0.443 e. The minimum absolute atomic E-state index is 0.164. The molecule has 1 atom stereocenters. The molecule has 1 aromatic heterocycles. The summed E-state index contributed by atoms with van der Waals surface area (Å²) in [5.41, 5.74) is -5.16. The molecule has 0 saturated carbocycles. The minimum Gasteiger partial charge on any atom is -0.459 e. The van der Waals surface area contributed by atoms with Crippen LogP contribution in [-0.4, -0.2) is 17.1 Å². The maximum atomic E-state index is 13.0. The van der Waals surface area contributed by atoms with Crippen LogP contribution in [0.25, 0.3) is 0 Å². The molecule has 1 unspecified atom stereocenters. The lowest BCUT2D eigenvalue weighted by Gasteiger charge is -2.33. The third kappa shape index (κ3) is 5.07. The highest BCUT2D eigenvalue weighted by Gasteiger charge is 2.51. The van der Waals surface area contributed by atoms with Crippen LogP contribution in [-0.2, 0) is 14.3 Å². The molecule has 0 aliphatic rings. The Labute approximate surface area is 130 Å². The van der Waals surface area contributed by atoms with E-state index in [0.29, 0.717) is 0 Å². The normalized spacial score (nSPS) is 15.3. The second-order valence-electron chi connectivity index (χ2n) is 5.38. The largest absolute Gasteiger partial charge is 0.459 e. The Morgan fingerprint density at radius 2 is 2.05 bits per heavy atom. The Morgan fingerprint density at radius 3 is 2.43 bits per heavy atom. The highest BCUT2D eigenvalue weighted by Crippen LogP contribution is 2.50. The fourth-order valence-electron chi connectivity index (χ4n) is 1.72. The summed E-state index contributed by atoms with van der Waals surface area (Å²) in [4.78, 5) is 12.5. The van der Waals surface area contributed by atoms with E-state index < -0.39 is 21.8 Å². The number of ether oxygens (including phenoxy) is 1. The molecule has 21 heavy (non-hydrogen) atoms. The predicted octanol–water partition coefficient (Wildman–Crippen LogP) is 5.11. The van der Waals surface area contributed by atoms with Crippen LogP contribution >= 0.6 is 23.1 Å².